The fourth-order valence-electron chi connectivity index (χ4n) is 9.17. The van der Waals surface area contributed by atoms with Gasteiger partial charge in [0.2, 0.25) is 11.8 Å². The summed E-state index contributed by atoms with van der Waals surface area (Å²) in [5.41, 5.74) is 2.15. The Balaban J connectivity index is 1.13. The number of hydrogen-bond acceptors (Lipinski definition) is 5. The number of alkyl halides is 2. The van der Waals surface area contributed by atoms with Crippen LogP contribution >= 0.6 is 23.2 Å². The molecule has 0 radical (unpaired) electrons. The van der Waals surface area contributed by atoms with E-state index in [1.165, 1.54) is 6.92 Å². The molecule has 0 spiro atoms. The maximum Gasteiger partial charge on any atom is 0.308 e. The lowest BCUT2D eigenvalue weighted by molar-refractivity contribution is -0.165. The molecule has 1 unspecified atom stereocenters. The van der Waals surface area contributed by atoms with Gasteiger partial charge in [0.05, 0.1) is 22.2 Å². The van der Waals surface area contributed by atoms with Crippen LogP contribution in [0.5, 0.6) is 11.5 Å². The molecule has 4 aromatic carbocycles. The zero-order valence-electron chi connectivity index (χ0n) is 25.5. The number of halogens is 2. The van der Waals surface area contributed by atoms with Crippen molar-refractivity contribution < 1.29 is 24.2 Å². The number of hydrogen-bond donors (Lipinski definition) is 1. The van der Waals surface area contributed by atoms with Crippen molar-refractivity contribution in [1.82, 2.24) is 0 Å². The highest BCUT2D eigenvalue weighted by molar-refractivity contribution is 6.20. The van der Waals surface area contributed by atoms with Crippen molar-refractivity contribution in [2.75, 3.05) is 34.6 Å². The molecule has 5 aliphatic rings. The van der Waals surface area contributed by atoms with E-state index in [9.17, 15) is 19.5 Å². The van der Waals surface area contributed by atoms with E-state index >= 15 is 0 Å². The van der Waals surface area contributed by atoms with E-state index in [2.05, 4.69) is 0 Å². The van der Waals surface area contributed by atoms with Gasteiger partial charge in [-0.3, -0.25) is 14.4 Å². The Labute approximate surface area is 277 Å². The van der Waals surface area contributed by atoms with Crippen molar-refractivity contribution in [1.29, 1.82) is 0 Å². The van der Waals surface area contributed by atoms with Gasteiger partial charge in [0, 0.05) is 66.5 Å². The Morgan fingerprint density at radius 1 is 0.783 bits per heavy atom. The molecule has 3 aliphatic carbocycles. The zero-order chi connectivity index (χ0) is 32.0. The van der Waals surface area contributed by atoms with Crippen molar-refractivity contribution >= 4 is 73.9 Å². The molecule has 7 nitrogen and oxygen atoms in total. The van der Waals surface area contributed by atoms with Crippen LogP contribution in [0.3, 0.4) is 0 Å². The Morgan fingerprint density at radius 2 is 1.26 bits per heavy atom. The second-order valence-corrected chi connectivity index (χ2v) is 14.2. The van der Waals surface area contributed by atoms with Crippen molar-refractivity contribution in [3.8, 4) is 11.5 Å². The predicted octanol–water partition coefficient (Wildman–Crippen LogP) is 7.61. The lowest BCUT2D eigenvalue weighted by Gasteiger charge is -2.59. The van der Waals surface area contributed by atoms with Gasteiger partial charge in [-0.1, -0.05) is 55.0 Å². The van der Waals surface area contributed by atoms with Crippen molar-refractivity contribution in [3.05, 3.63) is 71.8 Å². The van der Waals surface area contributed by atoms with Gasteiger partial charge in [-0.2, -0.15) is 0 Å². The minimum atomic E-state index is -0.653. The Kier molecular flexibility index (Phi) is 6.82. The first-order valence-corrected chi connectivity index (χ1v) is 17.0. The van der Waals surface area contributed by atoms with Crippen LogP contribution in [-0.4, -0.2) is 47.7 Å². The third kappa shape index (κ3) is 4.13. The highest BCUT2D eigenvalue weighted by atomic mass is 35.5. The standard InChI is InChI=1S/C37H34Cl2N2O5/c1-21(42)46-31-14-29-33(27-10-5-3-8-25(27)31)23(16-39)18-41(29)35(45)37-12-6-11-36(19-37,20-37)34(44)40-17-22(15-38)32-26-9-4-2-7-24(26)30(43)13-28(32)40/h2-5,7-10,13-14,22-23,43H,6,11-12,15-20H2,1H3/t22-,23?,36?,37?/m1/s1. The lowest BCUT2D eigenvalue weighted by Crippen LogP contribution is -2.63. The fraction of sp³-hybridized carbons (Fsp3) is 0.378. The third-order valence-electron chi connectivity index (χ3n) is 11.0. The number of esters is 1. The first-order valence-electron chi connectivity index (χ1n) is 15.9. The second-order valence-electron chi connectivity index (χ2n) is 13.6. The summed E-state index contributed by atoms with van der Waals surface area (Å²) >= 11 is 13.0. The third-order valence-corrected chi connectivity index (χ3v) is 11.7. The topological polar surface area (TPSA) is 87.2 Å². The molecule has 9 heteroatoms. The largest absolute Gasteiger partial charge is 0.507 e. The van der Waals surface area contributed by atoms with E-state index in [-0.39, 0.29) is 29.4 Å². The van der Waals surface area contributed by atoms with Gasteiger partial charge in [-0.25, -0.2) is 0 Å². The Morgan fingerprint density at radius 3 is 1.78 bits per heavy atom. The quantitative estimate of drug-likeness (QED) is 0.136. The van der Waals surface area contributed by atoms with Crippen molar-refractivity contribution in [2.45, 2.75) is 50.9 Å². The molecule has 4 aromatic rings. The number of amides is 2. The summed E-state index contributed by atoms with van der Waals surface area (Å²) in [4.78, 5) is 44.8. The molecule has 2 bridgehead atoms. The van der Waals surface area contributed by atoms with Gasteiger partial charge in [0.1, 0.15) is 11.5 Å². The average molecular weight is 658 g/mol. The van der Waals surface area contributed by atoms with Crippen LogP contribution in [0.25, 0.3) is 21.5 Å². The molecule has 3 fully saturated rings. The van der Waals surface area contributed by atoms with E-state index in [1.54, 1.807) is 6.07 Å². The monoisotopic (exact) mass is 656 g/mol. The van der Waals surface area contributed by atoms with Gasteiger partial charge in [0.15, 0.2) is 0 Å². The number of phenolic OH excluding ortho intramolecular Hbond substituents is 1. The van der Waals surface area contributed by atoms with E-state index in [0.29, 0.717) is 43.4 Å². The summed E-state index contributed by atoms with van der Waals surface area (Å²) in [6, 6.07) is 19.0. The molecule has 0 aromatic heterocycles. The molecule has 236 valence electrons. The number of aromatic hydroxyl groups is 1. The highest BCUT2D eigenvalue weighted by Gasteiger charge is 2.66. The molecule has 2 heterocycles. The van der Waals surface area contributed by atoms with Gasteiger partial charge >= 0.3 is 5.97 Å². The maximum absolute atomic E-state index is 14.6. The average Bonchev–Trinajstić information content (AvgIpc) is 3.62. The molecule has 2 atom stereocenters. The normalized spacial score (nSPS) is 26.2. The first-order chi connectivity index (χ1) is 22.2. The lowest BCUT2D eigenvalue weighted by atomic mass is 9.44. The molecule has 0 saturated heterocycles. The van der Waals surface area contributed by atoms with E-state index in [0.717, 1.165) is 63.3 Å². The summed E-state index contributed by atoms with van der Waals surface area (Å²) in [6.45, 7) is 2.27. The molecule has 9 rings (SSSR count). The molecular formula is C37H34Cl2N2O5. The summed E-state index contributed by atoms with van der Waals surface area (Å²) in [5.74, 6) is 0.758. The molecule has 1 N–H and O–H groups in total. The number of ether oxygens (including phenoxy) is 1. The van der Waals surface area contributed by atoms with E-state index in [1.807, 2.05) is 64.4 Å². The number of nitrogens with zero attached hydrogens (tertiary/aromatic N) is 2. The minimum Gasteiger partial charge on any atom is -0.507 e. The number of fused-ring (bicyclic) bond motifs is 8. The number of carbonyl (C=O) groups is 3. The number of phenols is 1. The molecule has 2 amide bonds. The number of carbonyl (C=O) groups excluding carboxylic acids is 3. The zero-order valence-corrected chi connectivity index (χ0v) is 27.0. The number of benzene rings is 4. The van der Waals surface area contributed by atoms with E-state index in [4.69, 9.17) is 27.9 Å². The smallest absolute Gasteiger partial charge is 0.308 e. The highest BCUT2D eigenvalue weighted by Crippen LogP contribution is 2.66. The van der Waals surface area contributed by atoms with Crippen LogP contribution in [0.2, 0.25) is 0 Å². The summed E-state index contributed by atoms with van der Waals surface area (Å²) in [6.07, 6.45) is 3.18. The summed E-state index contributed by atoms with van der Waals surface area (Å²) in [7, 11) is 0. The molecule has 2 aliphatic heterocycles. The molecular weight excluding hydrogens is 623 g/mol. The predicted molar refractivity (Wildman–Crippen MR) is 180 cm³/mol. The van der Waals surface area contributed by atoms with Crippen LogP contribution in [0.4, 0.5) is 11.4 Å². The second kappa shape index (κ2) is 10.6. The van der Waals surface area contributed by atoms with Gasteiger partial charge < -0.3 is 19.6 Å². The SMILES string of the molecule is CC(=O)Oc1cc2c(c3ccccc13)C(CCl)CN2C(=O)C12CCCC(C(=O)N3C[C@@H](CCl)c4c3cc(O)c3ccccc43)(C1)C2. The number of rotatable bonds is 5. The fourth-order valence-corrected chi connectivity index (χ4v) is 9.67. The van der Waals surface area contributed by atoms with Crippen LogP contribution < -0.4 is 14.5 Å². The van der Waals surface area contributed by atoms with Crippen molar-refractivity contribution in [3.63, 3.8) is 0 Å². The van der Waals surface area contributed by atoms with Crippen LogP contribution in [0.1, 0.15) is 62.0 Å². The number of anilines is 2. The molecule has 3 saturated carbocycles. The van der Waals surface area contributed by atoms with Crippen LogP contribution in [0, 0.1) is 10.8 Å². The Hall–Kier alpha value is -3.81. The molecule has 46 heavy (non-hydrogen) atoms. The van der Waals surface area contributed by atoms with E-state index < -0.39 is 16.8 Å². The van der Waals surface area contributed by atoms with Crippen LogP contribution in [0.15, 0.2) is 60.7 Å². The van der Waals surface area contributed by atoms with Crippen molar-refractivity contribution in [2.24, 2.45) is 10.8 Å². The Bertz CT molecular complexity index is 1970. The maximum atomic E-state index is 14.6. The minimum absolute atomic E-state index is 0.0117. The van der Waals surface area contributed by atoms with Crippen LogP contribution in [-0.2, 0) is 14.4 Å². The van der Waals surface area contributed by atoms with Gasteiger partial charge in [0.25, 0.3) is 0 Å². The first kappa shape index (κ1) is 29.6. The van der Waals surface area contributed by atoms with Gasteiger partial charge in [-0.05, 0) is 47.6 Å². The summed E-state index contributed by atoms with van der Waals surface area (Å²) < 4.78 is 5.63. The van der Waals surface area contributed by atoms with Gasteiger partial charge in [-0.15, -0.1) is 23.2 Å². The summed E-state index contributed by atoms with van der Waals surface area (Å²) in [5, 5.41) is 14.3.